The van der Waals surface area contributed by atoms with Gasteiger partial charge in [0.2, 0.25) is 0 Å². The molecule has 5 nitrogen and oxygen atoms in total. The molecule has 0 aliphatic carbocycles. The number of hydrogen-bond acceptors (Lipinski definition) is 2. The third-order valence-corrected chi connectivity index (χ3v) is 3.60. The van der Waals surface area contributed by atoms with E-state index in [4.69, 9.17) is 5.11 Å². The number of amides is 2. The number of urea groups is 1. The summed E-state index contributed by atoms with van der Waals surface area (Å²) in [6.45, 7) is 3.69. The van der Waals surface area contributed by atoms with Crippen molar-refractivity contribution in [1.82, 2.24) is 10.2 Å². The highest BCUT2D eigenvalue weighted by Gasteiger charge is 2.27. The fourth-order valence-electron chi connectivity index (χ4n) is 2.43. The van der Waals surface area contributed by atoms with Gasteiger partial charge in [-0.25, -0.2) is 4.79 Å². The molecule has 0 saturated carbocycles. The van der Waals surface area contributed by atoms with Gasteiger partial charge in [-0.05, 0) is 24.8 Å². The molecule has 1 unspecified atom stereocenters. The summed E-state index contributed by atoms with van der Waals surface area (Å²) in [4.78, 5) is 24.3. The number of carbonyl (C=O) groups excluding carboxylic acids is 1. The van der Waals surface area contributed by atoms with Crippen molar-refractivity contribution in [2.45, 2.75) is 26.3 Å². The molecule has 2 rings (SSSR count). The number of hydrogen-bond donors (Lipinski definition) is 2. The summed E-state index contributed by atoms with van der Waals surface area (Å²) in [7, 11) is 0. The second kappa shape index (κ2) is 6.41. The van der Waals surface area contributed by atoms with Gasteiger partial charge >= 0.3 is 12.0 Å². The molecular formula is C15H20N2O3. The molecule has 1 aromatic rings. The second-order valence-corrected chi connectivity index (χ2v) is 5.34. The summed E-state index contributed by atoms with van der Waals surface area (Å²) in [5.74, 6) is -0.713. The van der Waals surface area contributed by atoms with Gasteiger partial charge in [0.25, 0.3) is 0 Å². The Hall–Kier alpha value is -2.04. The minimum atomic E-state index is -0.795. The van der Waals surface area contributed by atoms with Crippen molar-refractivity contribution in [2.75, 3.05) is 13.1 Å². The van der Waals surface area contributed by atoms with E-state index < -0.39 is 5.97 Å². The Morgan fingerprint density at radius 2 is 2.05 bits per heavy atom. The van der Waals surface area contributed by atoms with Crippen LogP contribution >= 0.6 is 0 Å². The van der Waals surface area contributed by atoms with Crippen LogP contribution in [-0.2, 0) is 11.3 Å². The molecule has 0 bridgehead atoms. The Labute approximate surface area is 118 Å². The average molecular weight is 276 g/mol. The average Bonchev–Trinajstić information content (AvgIpc) is 2.85. The molecule has 5 heteroatoms. The first-order valence-corrected chi connectivity index (χ1v) is 6.84. The number of nitrogens with one attached hydrogen (secondary N) is 1. The molecule has 0 aromatic heterocycles. The lowest BCUT2D eigenvalue weighted by Gasteiger charge is -2.17. The number of carboxylic acids is 1. The van der Waals surface area contributed by atoms with Crippen LogP contribution in [0.5, 0.6) is 0 Å². The van der Waals surface area contributed by atoms with Gasteiger partial charge in [0.15, 0.2) is 0 Å². The molecule has 0 spiro atoms. The minimum Gasteiger partial charge on any atom is -0.481 e. The number of carbonyl (C=O) groups is 2. The third kappa shape index (κ3) is 3.98. The van der Waals surface area contributed by atoms with Gasteiger partial charge in [-0.1, -0.05) is 29.8 Å². The Balaban J connectivity index is 1.78. The number of aryl methyl sites for hydroxylation is 1. The highest BCUT2D eigenvalue weighted by molar-refractivity contribution is 5.74. The van der Waals surface area contributed by atoms with Gasteiger partial charge in [0.05, 0.1) is 0 Å². The predicted octanol–water partition coefficient (Wildman–Crippen LogP) is 2.00. The summed E-state index contributed by atoms with van der Waals surface area (Å²) in [5.41, 5.74) is 2.25. The fraction of sp³-hybridized carbons (Fsp3) is 0.467. The summed E-state index contributed by atoms with van der Waals surface area (Å²) in [6.07, 6.45) is 0.909. The molecule has 1 atom stereocenters. The maximum Gasteiger partial charge on any atom is 0.317 e. The normalized spacial score (nSPS) is 18.1. The topological polar surface area (TPSA) is 69.6 Å². The zero-order valence-electron chi connectivity index (χ0n) is 11.6. The van der Waals surface area contributed by atoms with Gasteiger partial charge in [-0.15, -0.1) is 0 Å². The monoisotopic (exact) mass is 276 g/mol. The van der Waals surface area contributed by atoms with Crippen molar-refractivity contribution in [3.05, 3.63) is 35.4 Å². The minimum absolute atomic E-state index is 0.0811. The quantitative estimate of drug-likeness (QED) is 0.883. The van der Waals surface area contributed by atoms with Gasteiger partial charge in [-0.3, -0.25) is 4.79 Å². The van der Waals surface area contributed by atoms with Crippen molar-refractivity contribution in [2.24, 2.45) is 5.92 Å². The molecular weight excluding hydrogens is 256 g/mol. The highest BCUT2D eigenvalue weighted by Crippen LogP contribution is 2.19. The first-order chi connectivity index (χ1) is 9.54. The number of carboxylic acid groups (broad SMARTS) is 1. The van der Waals surface area contributed by atoms with E-state index in [1.165, 1.54) is 5.56 Å². The molecule has 1 heterocycles. The Morgan fingerprint density at radius 1 is 1.35 bits per heavy atom. The summed E-state index contributed by atoms with van der Waals surface area (Å²) < 4.78 is 0. The van der Waals surface area contributed by atoms with E-state index in [1.54, 1.807) is 4.90 Å². The van der Waals surface area contributed by atoms with Crippen LogP contribution < -0.4 is 5.32 Å². The van der Waals surface area contributed by atoms with Crippen molar-refractivity contribution in [3.63, 3.8) is 0 Å². The molecule has 1 saturated heterocycles. The van der Waals surface area contributed by atoms with Gasteiger partial charge in [0.1, 0.15) is 0 Å². The summed E-state index contributed by atoms with van der Waals surface area (Å²) >= 11 is 0. The van der Waals surface area contributed by atoms with Crippen molar-refractivity contribution >= 4 is 12.0 Å². The molecule has 2 N–H and O–H groups in total. The van der Waals surface area contributed by atoms with Crippen LogP contribution in [0.15, 0.2) is 24.3 Å². The number of aliphatic carboxylic acids is 1. The fourth-order valence-corrected chi connectivity index (χ4v) is 2.43. The lowest BCUT2D eigenvalue weighted by molar-refractivity contribution is -0.138. The molecule has 1 aliphatic rings. The smallest absolute Gasteiger partial charge is 0.317 e. The van der Waals surface area contributed by atoms with E-state index in [0.717, 1.165) is 12.0 Å². The van der Waals surface area contributed by atoms with Gasteiger partial charge < -0.3 is 15.3 Å². The third-order valence-electron chi connectivity index (χ3n) is 3.60. The van der Waals surface area contributed by atoms with Crippen molar-refractivity contribution in [3.8, 4) is 0 Å². The number of likely N-dealkylation sites (tertiary alicyclic amines) is 1. The second-order valence-electron chi connectivity index (χ2n) is 5.34. The highest BCUT2D eigenvalue weighted by atomic mass is 16.4. The van der Waals surface area contributed by atoms with Crippen LogP contribution in [0.2, 0.25) is 0 Å². The first-order valence-electron chi connectivity index (χ1n) is 6.84. The van der Waals surface area contributed by atoms with Crippen LogP contribution in [-0.4, -0.2) is 35.1 Å². The molecule has 108 valence electrons. The largest absolute Gasteiger partial charge is 0.481 e. The van der Waals surface area contributed by atoms with Gasteiger partial charge in [0, 0.05) is 26.1 Å². The number of rotatable bonds is 4. The number of benzene rings is 1. The van der Waals surface area contributed by atoms with E-state index in [-0.39, 0.29) is 18.4 Å². The lowest BCUT2D eigenvalue weighted by atomic mass is 10.1. The molecule has 20 heavy (non-hydrogen) atoms. The van der Waals surface area contributed by atoms with Crippen LogP contribution in [0.3, 0.4) is 0 Å². The summed E-state index contributed by atoms with van der Waals surface area (Å²) in [6, 6.07) is 7.90. The summed E-state index contributed by atoms with van der Waals surface area (Å²) in [5, 5.41) is 11.6. The van der Waals surface area contributed by atoms with E-state index in [1.807, 2.05) is 31.2 Å². The van der Waals surface area contributed by atoms with E-state index >= 15 is 0 Å². The zero-order chi connectivity index (χ0) is 14.5. The van der Waals surface area contributed by atoms with Crippen molar-refractivity contribution in [1.29, 1.82) is 0 Å². The van der Waals surface area contributed by atoms with E-state index in [2.05, 4.69) is 5.32 Å². The SMILES string of the molecule is Cc1ccc(CNC(=O)N2CCC(CC(=O)O)C2)cc1. The van der Waals surface area contributed by atoms with Crippen LogP contribution in [0.25, 0.3) is 0 Å². The lowest BCUT2D eigenvalue weighted by Crippen LogP contribution is -2.38. The molecule has 2 amide bonds. The van der Waals surface area contributed by atoms with Crippen LogP contribution in [0.4, 0.5) is 4.79 Å². The Morgan fingerprint density at radius 3 is 2.70 bits per heavy atom. The maximum atomic E-state index is 12.0. The van der Waals surface area contributed by atoms with Crippen LogP contribution in [0, 0.1) is 12.8 Å². The Kier molecular flexibility index (Phi) is 4.61. The Bertz CT molecular complexity index is 484. The van der Waals surface area contributed by atoms with E-state index in [9.17, 15) is 9.59 Å². The maximum absolute atomic E-state index is 12.0. The number of nitrogens with zero attached hydrogens (tertiary/aromatic N) is 1. The molecule has 1 fully saturated rings. The first kappa shape index (κ1) is 14.4. The van der Waals surface area contributed by atoms with Crippen molar-refractivity contribution < 1.29 is 14.7 Å². The predicted molar refractivity (Wildman–Crippen MR) is 75.3 cm³/mol. The molecule has 0 radical (unpaired) electrons. The molecule has 1 aromatic carbocycles. The van der Waals surface area contributed by atoms with E-state index in [0.29, 0.717) is 19.6 Å². The zero-order valence-corrected chi connectivity index (χ0v) is 11.6. The molecule has 1 aliphatic heterocycles. The van der Waals surface area contributed by atoms with Gasteiger partial charge in [-0.2, -0.15) is 0 Å². The van der Waals surface area contributed by atoms with Crippen LogP contribution in [0.1, 0.15) is 24.0 Å². The standard InChI is InChI=1S/C15H20N2O3/c1-11-2-4-12(5-3-11)9-16-15(20)17-7-6-13(10-17)8-14(18)19/h2-5,13H,6-10H2,1H3,(H,16,20)(H,18,19).